The monoisotopic (exact) mass is 310 g/mol. The van der Waals surface area contributed by atoms with Gasteiger partial charge in [-0.3, -0.25) is 4.79 Å². The van der Waals surface area contributed by atoms with Crippen LogP contribution in [0.5, 0.6) is 0 Å². The third-order valence-electron chi connectivity index (χ3n) is 3.03. The van der Waals surface area contributed by atoms with E-state index >= 15 is 0 Å². The first-order chi connectivity index (χ1) is 10.8. The molecule has 0 saturated heterocycles. The molecule has 4 nitrogen and oxygen atoms in total. The fraction of sp³-hybridized carbons (Fsp3) is 0.0588. The van der Waals surface area contributed by atoms with Crippen LogP contribution in [-0.2, 0) is 4.79 Å². The van der Waals surface area contributed by atoms with Crippen molar-refractivity contribution in [3.63, 3.8) is 0 Å². The quantitative estimate of drug-likeness (QED) is 0.719. The summed E-state index contributed by atoms with van der Waals surface area (Å²) in [7, 11) is 0. The van der Waals surface area contributed by atoms with Gasteiger partial charge in [-0.1, -0.05) is 53.7 Å². The molecule has 0 saturated carbocycles. The van der Waals surface area contributed by atoms with Crippen LogP contribution >= 0.6 is 11.8 Å². The Labute approximate surface area is 132 Å². The Morgan fingerprint density at radius 2 is 1.68 bits per heavy atom. The van der Waals surface area contributed by atoms with Gasteiger partial charge >= 0.3 is 0 Å². The summed E-state index contributed by atoms with van der Waals surface area (Å²) in [6.07, 6.45) is 1.43. The minimum absolute atomic E-state index is 0.131. The summed E-state index contributed by atoms with van der Waals surface area (Å²) >= 11 is 1.50. The first-order valence-corrected chi connectivity index (χ1v) is 7.69. The highest BCUT2D eigenvalue weighted by Gasteiger charge is 2.22. The second-order valence-electron chi connectivity index (χ2n) is 4.60. The molecule has 1 amide bonds. The van der Waals surface area contributed by atoms with Crippen molar-refractivity contribution < 1.29 is 9.32 Å². The Kier molecular flexibility index (Phi) is 4.56. The van der Waals surface area contributed by atoms with Gasteiger partial charge in [0.2, 0.25) is 5.91 Å². The molecular formula is C17H14N2O2S. The highest BCUT2D eigenvalue weighted by atomic mass is 32.2. The maximum Gasteiger partial charge on any atom is 0.243 e. The summed E-state index contributed by atoms with van der Waals surface area (Å²) in [6.45, 7) is 0. The topological polar surface area (TPSA) is 55.1 Å². The summed E-state index contributed by atoms with van der Waals surface area (Å²) in [5.74, 6) is 0.286. The van der Waals surface area contributed by atoms with Crippen molar-refractivity contribution in [3.8, 4) is 0 Å². The van der Waals surface area contributed by atoms with Gasteiger partial charge in [0.15, 0.2) is 5.82 Å². The number of hydrogen-bond acceptors (Lipinski definition) is 4. The molecule has 0 fully saturated rings. The van der Waals surface area contributed by atoms with E-state index in [4.69, 9.17) is 4.52 Å². The van der Waals surface area contributed by atoms with Crippen molar-refractivity contribution >= 4 is 23.5 Å². The SMILES string of the molecule is O=C(Nc1ccon1)[C@H](Sc1ccccc1)c1ccccc1. The van der Waals surface area contributed by atoms with E-state index in [1.54, 1.807) is 6.07 Å². The van der Waals surface area contributed by atoms with Gasteiger partial charge in [-0.05, 0) is 17.7 Å². The molecule has 0 aliphatic rings. The fourth-order valence-corrected chi connectivity index (χ4v) is 3.05. The van der Waals surface area contributed by atoms with Crippen molar-refractivity contribution in [3.05, 3.63) is 78.6 Å². The van der Waals surface area contributed by atoms with Crippen LogP contribution in [0.1, 0.15) is 10.8 Å². The molecule has 1 N–H and O–H groups in total. The molecule has 3 rings (SSSR count). The molecule has 0 spiro atoms. The van der Waals surface area contributed by atoms with Crippen LogP contribution in [0.4, 0.5) is 5.82 Å². The molecule has 0 unspecified atom stereocenters. The third kappa shape index (κ3) is 3.56. The molecule has 1 atom stereocenters. The molecular weight excluding hydrogens is 296 g/mol. The van der Waals surface area contributed by atoms with Crippen molar-refractivity contribution in [1.29, 1.82) is 0 Å². The van der Waals surface area contributed by atoms with E-state index in [0.29, 0.717) is 5.82 Å². The lowest BCUT2D eigenvalue weighted by atomic mass is 10.1. The Morgan fingerprint density at radius 1 is 1.00 bits per heavy atom. The van der Waals surface area contributed by atoms with Crippen LogP contribution in [0.2, 0.25) is 0 Å². The summed E-state index contributed by atoms with van der Waals surface area (Å²) in [6, 6.07) is 21.2. The average molecular weight is 310 g/mol. The first-order valence-electron chi connectivity index (χ1n) is 6.81. The number of rotatable bonds is 5. The number of amides is 1. The lowest BCUT2D eigenvalue weighted by Gasteiger charge is -2.16. The largest absolute Gasteiger partial charge is 0.363 e. The Balaban J connectivity index is 1.84. The highest BCUT2D eigenvalue weighted by Crippen LogP contribution is 2.35. The molecule has 0 aliphatic carbocycles. The molecule has 0 radical (unpaired) electrons. The van der Waals surface area contributed by atoms with Crippen LogP contribution in [0.3, 0.4) is 0 Å². The van der Waals surface area contributed by atoms with Crippen LogP contribution in [0.25, 0.3) is 0 Å². The number of nitrogens with one attached hydrogen (secondary N) is 1. The molecule has 5 heteroatoms. The smallest absolute Gasteiger partial charge is 0.243 e. The maximum atomic E-state index is 12.6. The fourth-order valence-electron chi connectivity index (χ4n) is 2.00. The highest BCUT2D eigenvalue weighted by molar-refractivity contribution is 8.00. The maximum absolute atomic E-state index is 12.6. The second-order valence-corrected chi connectivity index (χ2v) is 5.77. The molecule has 0 aliphatic heterocycles. The van der Waals surface area contributed by atoms with Gasteiger partial charge in [0.1, 0.15) is 11.5 Å². The molecule has 0 bridgehead atoms. The summed E-state index contributed by atoms with van der Waals surface area (Å²) in [4.78, 5) is 13.6. The number of carbonyl (C=O) groups excluding carboxylic acids is 1. The van der Waals surface area contributed by atoms with Crippen LogP contribution in [0.15, 0.2) is 82.4 Å². The van der Waals surface area contributed by atoms with Crippen LogP contribution in [0, 0.1) is 0 Å². The number of anilines is 1. The zero-order chi connectivity index (χ0) is 15.2. The summed E-state index contributed by atoms with van der Waals surface area (Å²) in [5, 5.41) is 6.14. The predicted molar refractivity (Wildman–Crippen MR) is 86.6 cm³/mol. The minimum Gasteiger partial charge on any atom is -0.363 e. The molecule has 110 valence electrons. The number of thioether (sulfide) groups is 1. The normalized spacial score (nSPS) is 11.8. The van der Waals surface area contributed by atoms with Gasteiger partial charge in [-0.25, -0.2) is 0 Å². The minimum atomic E-state index is -0.361. The Morgan fingerprint density at radius 3 is 2.32 bits per heavy atom. The van der Waals surface area contributed by atoms with E-state index in [-0.39, 0.29) is 11.2 Å². The van der Waals surface area contributed by atoms with Gasteiger partial charge in [-0.2, -0.15) is 0 Å². The van der Waals surface area contributed by atoms with Gasteiger partial charge in [0.25, 0.3) is 0 Å². The average Bonchev–Trinajstić information content (AvgIpc) is 3.07. The number of nitrogens with zero attached hydrogens (tertiary/aromatic N) is 1. The van der Waals surface area contributed by atoms with Gasteiger partial charge in [-0.15, -0.1) is 11.8 Å². The van der Waals surface area contributed by atoms with E-state index in [0.717, 1.165) is 10.5 Å². The summed E-state index contributed by atoms with van der Waals surface area (Å²) in [5.41, 5.74) is 0.942. The van der Waals surface area contributed by atoms with Crippen molar-refractivity contribution in [2.45, 2.75) is 10.1 Å². The Bertz CT molecular complexity index is 715. The second kappa shape index (κ2) is 6.95. The van der Waals surface area contributed by atoms with E-state index in [9.17, 15) is 4.79 Å². The number of carbonyl (C=O) groups is 1. The zero-order valence-electron chi connectivity index (χ0n) is 11.7. The van der Waals surface area contributed by atoms with E-state index < -0.39 is 0 Å². The molecule has 1 aromatic heterocycles. The molecule has 3 aromatic rings. The van der Waals surface area contributed by atoms with Crippen molar-refractivity contribution in [2.75, 3.05) is 5.32 Å². The first kappa shape index (κ1) is 14.4. The van der Waals surface area contributed by atoms with E-state index in [1.807, 2.05) is 60.7 Å². The van der Waals surface area contributed by atoms with Crippen LogP contribution in [-0.4, -0.2) is 11.1 Å². The van der Waals surface area contributed by atoms with Crippen molar-refractivity contribution in [2.24, 2.45) is 0 Å². The van der Waals surface area contributed by atoms with E-state index in [2.05, 4.69) is 10.5 Å². The third-order valence-corrected chi connectivity index (χ3v) is 4.29. The molecule has 22 heavy (non-hydrogen) atoms. The number of aromatic nitrogens is 1. The predicted octanol–water partition coefficient (Wildman–Crippen LogP) is 4.15. The van der Waals surface area contributed by atoms with Gasteiger partial charge in [0, 0.05) is 11.0 Å². The molecule has 2 aromatic carbocycles. The Hall–Kier alpha value is -2.53. The van der Waals surface area contributed by atoms with Crippen LogP contribution < -0.4 is 5.32 Å². The lowest BCUT2D eigenvalue weighted by Crippen LogP contribution is -2.19. The van der Waals surface area contributed by atoms with Gasteiger partial charge in [0.05, 0.1) is 0 Å². The van der Waals surface area contributed by atoms with E-state index in [1.165, 1.54) is 18.0 Å². The lowest BCUT2D eigenvalue weighted by molar-refractivity contribution is -0.115. The van der Waals surface area contributed by atoms with Crippen molar-refractivity contribution in [1.82, 2.24) is 5.16 Å². The standard InChI is InChI=1S/C17H14N2O2S/c20-17(18-15-11-12-21-19-15)16(13-7-3-1-4-8-13)22-14-9-5-2-6-10-14/h1-12,16H,(H,18,19,20)/t16-/m1/s1. The number of benzene rings is 2. The van der Waals surface area contributed by atoms with Gasteiger partial charge < -0.3 is 9.84 Å². The molecule has 1 heterocycles. The summed E-state index contributed by atoms with van der Waals surface area (Å²) < 4.78 is 4.75. The zero-order valence-corrected chi connectivity index (χ0v) is 12.5. The number of hydrogen-bond donors (Lipinski definition) is 1.